The number of aryl methyl sites for hydroxylation is 1. The Balaban J connectivity index is 2.88. The summed E-state index contributed by atoms with van der Waals surface area (Å²) in [6.45, 7) is 3.87. The third-order valence-electron chi connectivity index (χ3n) is 2.63. The van der Waals surface area contributed by atoms with Crippen molar-refractivity contribution in [2.75, 3.05) is 0 Å². The molecule has 6 heteroatoms. The minimum atomic E-state index is -1.16. The first-order valence-electron chi connectivity index (χ1n) is 5.25. The third kappa shape index (κ3) is 1.71. The molecule has 0 fully saturated rings. The zero-order valence-electron chi connectivity index (χ0n) is 9.81. The Morgan fingerprint density at radius 1 is 1.53 bits per heavy atom. The van der Waals surface area contributed by atoms with Crippen molar-refractivity contribution >= 4 is 17.0 Å². The van der Waals surface area contributed by atoms with Crippen molar-refractivity contribution in [2.24, 2.45) is 7.05 Å². The first-order valence-corrected chi connectivity index (χ1v) is 5.25. The zero-order chi connectivity index (χ0) is 12.7. The van der Waals surface area contributed by atoms with Gasteiger partial charge in [0.25, 0.3) is 0 Å². The predicted molar refractivity (Wildman–Crippen MR) is 62.4 cm³/mol. The maximum atomic E-state index is 11.9. The van der Waals surface area contributed by atoms with Gasteiger partial charge in [-0.05, 0) is 5.92 Å². The minimum absolute atomic E-state index is 0.107. The number of fused-ring (bicyclic) bond motifs is 1. The second-order valence-corrected chi connectivity index (χ2v) is 4.24. The molecular weight excluding hydrogens is 222 g/mol. The molecule has 0 spiro atoms. The van der Waals surface area contributed by atoms with Crippen molar-refractivity contribution in [2.45, 2.75) is 19.8 Å². The summed E-state index contributed by atoms with van der Waals surface area (Å²) in [5, 5.41) is 13.6. The van der Waals surface area contributed by atoms with Gasteiger partial charge in [-0.25, -0.2) is 4.79 Å². The molecule has 0 aromatic carbocycles. The number of hydrogen-bond donors (Lipinski definition) is 2. The lowest BCUT2D eigenvalue weighted by Crippen LogP contribution is -2.10. The van der Waals surface area contributed by atoms with Crippen molar-refractivity contribution in [1.29, 1.82) is 0 Å². The van der Waals surface area contributed by atoms with E-state index in [4.69, 9.17) is 5.11 Å². The first kappa shape index (κ1) is 11.4. The molecule has 0 amide bonds. The highest BCUT2D eigenvalue weighted by Crippen LogP contribution is 2.20. The van der Waals surface area contributed by atoms with Gasteiger partial charge in [0, 0.05) is 13.1 Å². The van der Waals surface area contributed by atoms with Gasteiger partial charge in [-0.15, -0.1) is 0 Å². The normalized spacial score (nSPS) is 11.3. The average Bonchev–Trinajstić information content (AvgIpc) is 2.57. The van der Waals surface area contributed by atoms with E-state index in [9.17, 15) is 9.59 Å². The lowest BCUT2D eigenvalue weighted by atomic mass is 10.1. The summed E-state index contributed by atoms with van der Waals surface area (Å²) < 4.78 is 1.50. The van der Waals surface area contributed by atoms with Crippen LogP contribution in [0.3, 0.4) is 0 Å². The standard InChI is InChI=1S/C11H13N3O3/c1-5(2)9-8-7(15)4-6(11(16)17)12-10(8)14(3)13-9/h4-5H,1-3H3,(H,12,15)(H,16,17). The Hall–Kier alpha value is -2.11. The Labute approximate surface area is 96.9 Å². The quantitative estimate of drug-likeness (QED) is 0.815. The summed E-state index contributed by atoms with van der Waals surface area (Å²) in [5.74, 6) is -1.05. The molecule has 2 heterocycles. The Bertz CT molecular complexity index is 652. The van der Waals surface area contributed by atoms with Gasteiger partial charge in [0.2, 0.25) is 0 Å². The number of carbonyl (C=O) groups is 1. The molecule has 0 aliphatic carbocycles. The van der Waals surface area contributed by atoms with Crippen LogP contribution in [0.2, 0.25) is 0 Å². The zero-order valence-corrected chi connectivity index (χ0v) is 9.81. The van der Waals surface area contributed by atoms with Gasteiger partial charge < -0.3 is 10.1 Å². The van der Waals surface area contributed by atoms with E-state index in [0.29, 0.717) is 16.7 Å². The number of rotatable bonds is 2. The maximum Gasteiger partial charge on any atom is 0.352 e. The first-order chi connectivity index (χ1) is 7.91. The number of nitrogens with zero attached hydrogens (tertiary/aromatic N) is 2. The number of H-pyrrole nitrogens is 1. The van der Waals surface area contributed by atoms with Crippen LogP contribution >= 0.6 is 0 Å². The van der Waals surface area contributed by atoms with Crippen molar-refractivity contribution in [1.82, 2.24) is 14.8 Å². The molecule has 6 nitrogen and oxygen atoms in total. The van der Waals surface area contributed by atoms with Crippen LogP contribution in [0.1, 0.15) is 35.9 Å². The van der Waals surface area contributed by atoms with Crippen LogP contribution in [0, 0.1) is 0 Å². The van der Waals surface area contributed by atoms with Crippen molar-refractivity contribution < 1.29 is 9.90 Å². The van der Waals surface area contributed by atoms with E-state index < -0.39 is 5.97 Å². The highest BCUT2D eigenvalue weighted by Gasteiger charge is 2.17. The SMILES string of the molecule is CC(C)c1nn(C)c2[nH]c(C(=O)O)cc(=O)c12. The molecule has 90 valence electrons. The lowest BCUT2D eigenvalue weighted by molar-refractivity contribution is 0.0690. The summed E-state index contributed by atoms with van der Waals surface area (Å²) in [6, 6.07) is 1.10. The third-order valence-corrected chi connectivity index (χ3v) is 2.63. The number of pyridine rings is 1. The molecule has 0 aliphatic heterocycles. The summed E-state index contributed by atoms with van der Waals surface area (Å²) in [6.07, 6.45) is 0. The van der Waals surface area contributed by atoms with Crippen LogP contribution in [-0.4, -0.2) is 25.8 Å². The monoisotopic (exact) mass is 235 g/mol. The number of aromatic amines is 1. The van der Waals surface area contributed by atoms with Crippen LogP contribution < -0.4 is 5.43 Å². The number of aromatic nitrogens is 3. The highest BCUT2D eigenvalue weighted by molar-refractivity contribution is 5.89. The van der Waals surface area contributed by atoms with E-state index in [-0.39, 0.29) is 17.0 Å². The fraction of sp³-hybridized carbons (Fsp3) is 0.364. The molecule has 2 aromatic rings. The molecule has 0 atom stereocenters. The van der Waals surface area contributed by atoms with E-state index in [1.54, 1.807) is 7.05 Å². The van der Waals surface area contributed by atoms with Crippen molar-refractivity contribution in [3.63, 3.8) is 0 Å². The molecule has 17 heavy (non-hydrogen) atoms. The summed E-state index contributed by atoms with van der Waals surface area (Å²) in [7, 11) is 1.68. The van der Waals surface area contributed by atoms with Gasteiger partial charge in [-0.3, -0.25) is 9.48 Å². The largest absolute Gasteiger partial charge is 0.477 e. The fourth-order valence-electron chi connectivity index (χ4n) is 1.82. The van der Waals surface area contributed by atoms with E-state index in [1.807, 2.05) is 13.8 Å². The molecule has 0 saturated carbocycles. The molecule has 0 radical (unpaired) electrons. The van der Waals surface area contributed by atoms with Crippen LogP contribution in [0.5, 0.6) is 0 Å². The molecular formula is C11H13N3O3. The van der Waals surface area contributed by atoms with Gasteiger partial charge in [-0.1, -0.05) is 13.8 Å². The number of nitrogens with one attached hydrogen (secondary N) is 1. The van der Waals surface area contributed by atoms with Gasteiger partial charge in [-0.2, -0.15) is 5.10 Å². The predicted octanol–water partition coefficient (Wildman–Crippen LogP) is 1.08. The van der Waals surface area contributed by atoms with Gasteiger partial charge in [0.05, 0.1) is 11.1 Å². The fourth-order valence-corrected chi connectivity index (χ4v) is 1.82. The number of carboxylic acid groups (broad SMARTS) is 1. The van der Waals surface area contributed by atoms with Crippen LogP contribution in [0.15, 0.2) is 10.9 Å². The average molecular weight is 235 g/mol. The van der Waals surface area contributed by atoms with Crippen LogP contribution in [-0.2, 0) is 7.05 Å². The van der Waals surface area contributed by atoms with Gasteiger partial charge >= 0.3 is 5.97 Å². The second kappa shape index (κ2) is 3.73. The number of aromatic carboxylic acids is 1. The van der Waals surface area contributed by atoms with Gasteiger partial charge in [0.1, 0.15) is 11.3 Å². The number of hydrogen-bond acceptors (Lipinski definition) is 3. The second-order valence-electron chi connectivity index (χ2n) is 4.24. The Morgan fingerprint density at radius 2 is 2.18 bits per heavy atom. The Morgan fingerprint density at radius 3 is 2.71 bits per heavy atom. The molecule has 0 aliphatic rings. The van der Waals surface area contributed by atoms with Crippen molar-refractivity contribution in [3.05, 3.63) is 27.7 Å². The summed E-state index contributed by atoms with van der Waals surface area (Å²) >= 11 is 0. The van der Waals surface area contributed by atoms with Crippen LogP contribution in [0.25, 0.3) is 11.0 Å². The lowest BCUT2D eigenvalue weighted by Gasteiger charge is -1.99. The topological polar surface area (TPSA) is 88.0 Å². The highest BCUT2D eigenvalue weighted by atomic mass is 16.4. The minimum Gasteiger partial charge on any atom is -0.477 e. The Kier molecular flexibility index (Phi) is 2.49. The summed E-state index contributed by atoms with van der Waals surface area (Å²) in [4.78, 5) is 25.5. The van der Waals surface area contributed by atoms with Crippen molar-refractivity contribution in [3.8, 4) is 0 Å². The van der Waals surface area contributed by atoms with E-state index in [2.05, 4.69) is 10.1 Å². The van der Waals surface area contributed by atoms with E-state index in [0.717, 1.165) is 6.07 Å². The van der Waals surface area contributed by atoms with Gasteiger partial charge in [0.15, 0.2) is 5.43 Å². The smallest absolute Gasteiger partial charge is 0.352 e. The molecule has 0 unspecified atom stereocenters. The maximum absolute atomic E-state index is 11.9. The molecule has 2 aromatic heterocycles. The number of carboxylic acids is 1. The summed E-state index contributed by atoms with van der Waals surface area (Å²) in [5.41, 5.74) is 0.688. The molecule has 2 rings (SSSR count). The van der Waals surface area contributed by atoms with E-state index in [1.165, 1.54) is 4.68 Å². The van der Waals surface area contributed by atoms with Crippen LogP contribution in [0.4, 0.5) is 0 Å². The molecule has 0 bridgehead atoms. The van der Waals surface area contributed by atoms with E-state index >= 15 is 0 Å². The molecule has 0 saturated heterocycles. The molecule has 2 N–H and O–H groups in total.